The van der Waals surface area contributed by atoms with Gasteiger partial charge < -0.3 is 19.9 Å². The average Bonchev–Trinajstić information content (AvgIpc) is 2.49. The lowest BCUT2D eigenvalue weighted by Crippen LogP contribution is -2.06. The van der Waals surface area contributed by atoms with Crippen LogP contribution in [0.3, 0.4) is 0 Å². The Morgan fingerprint density at radius 3 is 2.62 bits per heavy atom. The fourth-order valence-corrected chi connectivity index (χ4v) is 1.77. The van der Waals surface area contributed by atoms with Crippen LogP contribution in [0.15, 0.2) is 30.5 Å². The maximum Gasteiger partial charge on any atom is 0.343 e. The number of nitrogens with two attached hydrogens (primary N) is 1. The van der Waals surface area contributed by atoms with Crippen LogP contribution < -0.4 is 15.2 Å². The van der Waals surface area contributed by atoms with Crippen LogP contribution in [0.1, 0.15) is 15.9 Å². The molecule has 2 rings (SSSR count). The molecule has 0 fully saturated rings. The number of hydrogen-bond donors (Lipinski definition) is 1. The van der Waals surface area contributed by atoms with Crippen molar-refractivity contribution in [3.8, 4) is 17.4 Å². The third kappa shape index (κ3) is 3.22. The molecule has 0 aliphatic carbocycles. The van der Waals surface area contributed by atoms with Crippen molar-refractivity contribution in [2.75, 3.05) is 20.0 Å². The lowest BCUT2D eigenvalue weighted by atomic mass is 10.2. The van der Waals surface area contributed by atoms with Crippen LogP contribution >= 0.6 is 0 Å². The Bertz CT molecular complexity index is 671. The molecule has 0 aliphatic heterocycles. The van der Waals surface area contributed by atoms with Gasteiger partial charge in [0.25, 0.3) is 0 Å². The van der Waals surface area contributed by atoms with Crippen molar-refractivity contribution in [2.45, 2.75) is 6.92 Å². The van der Waals surface area contributed by atoms with Crippen LogP contribution in [0.25, 0.3) is 0 Å². The van der Waals surface area contributed by atoms with E-state index in [1.54, 1.807) is 13.2 Å². The number of anilines is 1. The van der Waals surface area contributed by atoms with Gasteiger partial charge in [-0.3, -0.25) is 0 Å². The summed E-state index contributed by atoms with van der Waals surface area (Å²) < 4.78 is 15.6. The zero-order valence-corrected chi connectivity index (χ0v) is 12.0. The number of rotatable bonds is 4. The maximum atomic E-state index is 11.8. The number of aryl methyl sites for hydroxylation is 1. The lowest BCUT2D eigenvalue weighted by Gasteiger charge is -2.12. The van der Waals surface area contributed by atoms with E-state index in [-0.39, 0.29) is 11.4 Å². The van der Waals surface area contributed by atoms with E-state index in [0.717, 1.165) is 5.56 Å². The van der Waals surface area contributed by atoms with Crippen molar-refractivity contribution in [3.05, 3.63) is 41.6 Å². The van der Waals surface area contributed by atoms with Gasteiger partial charge in [0, 0.05) is 0 Å². The molecule has 21 heavy (non-hydrogen) atoms. The van der Waals surface area contributed by atoms with Crippen LogP contribution in [0, 0.1) is 6.92 Å². The largest absolute Gasteiger partial charge is 0.493 e. The molecule has 0 bridgehead atoms. The average molecular weight is 288 g/mol. The summed E-state index contributed by atoms with van der Waals surface area (Å²) in [5.41, 5.74) is 7.16. The number of aromatic nitrogens is 1. The third-order valence-electron chi connectivity index (χ3n) is 2.80. The molecular formula is C15H16N2O4. The molecule has 1 aromatic heterocycles. The first kappa shape index (κ1) is 14.6. The highest BCUT2D eigenvalue weighted by atomic mass is 16.5. The second-order valence-electron chi connectivity index (χ2n) is 4.37. The maximum absolute atomic E-state index is 11.8. The van der Waals surface area contributed by atoms with Gasteiger partial charge in [0.15, 0.2) is 11.5 Å². The van der Waals surface area contributed by atoms with E-state index in [2.05, 4.69) is 4.98 Å². The zero-order chi connectivity index (χ0) is 15.4. The fourth-order valence-electron chi connectivity index (χ4n) is 1.77. The first-order valence-electron chi connectivity index (χ1n) is 6.21. The van der Waals surface area contributed by atoms with Gasteiger partial charge in [-0.25, -0.2) is 9.78 Å². The quantitative estimate of drug-likeness (QED) is 0.870. The Morgan fingerprint density at radius 1 is 1.19 bits per heavy atom. The minimum atomic E-state index is -0.573. The highest BCUT2D eigenvalue weighted by molar-refractivity contribution is 5.92. The van der Waals surface area contributed by atoms with Crippen LogP contribution in [0.4, 0.5) is 5.69 Å². The second-order valence-corrected chi connectivity index (χ2v) is 4.37. The molecule has 2 N–H and O–H groups in total. The molecule has 1 aromatic carbocycles. The summed E-state index contributed by atoms with van der Waals surface area (Å²) in [7, 11) is 2.82. The number of nitrogens with zero attached hydrogens (tertiary/aromatic N) is 1. The number of ether oxygens (including phenoxy) is 3. The van der Waals surface area contributed by atoms with Crippen LogP contribution in [-0.4, -0.2) is 25.2 Å². The highest BCUT2D eigenvalue weighted by Crippen LogP contribution is 2.33. The monoisotopic (exact) mass is 288 g/mol. The van der Waals surface area contributed by atoms with Gasteiger partial charge in [-0.05, 0) is 30.7 Å². The molecule has 1 heterocycles. The number of methoxy groups -OCH3 is 2. The predicted molar refractivity (Wildman–Crippen MR) is 77.8 cm³/mol. The Labute approximate surface area is 122 Å². The van der Waals surface area contributed by atoms with Crippen LogP contribution in [0.2, 0.25) is 0 Å². The number of carbonyl (C=O) groups is 1. The molecule has 0 amide bonds. The molecule has 0 unspecified atom stereocenters. The zero-order valence-electron chi connectivity index (χ0n) is 12.0. The summed E-state index contributed by atoms with van der Waals surface area (Å²) >= 11 is 0. The first-order chi connectivity index (χ1) is 10.0. The standard InChI is InChI=1S/C15H16N2O4/c1-9-4-5-12(13(6-9)19-2)21-14-11(15(18)20-3)7-10(16)8-17-14/h4-8H,16H2,1-3H3. The molecule has 0 aliphatic rings. The van der Waals surface area contributed by atoms with Gasteiger partial charge in [0.2, 0.25) is 5.88 Å². The summed E-state index contributed by atoms with van der Waals surface area (Å²) in [6, 6.07) is 6.89. The molecule has 6 nitrogen and oxygen atoms in total. The molecule has 0 saturated heterocycles. The number of pyridine rings is 1. The SMILES string of the molecule is COC(=O)c1cc(N)cnc1Oc1ccc(C)cc1OC. The Hall–Kier alpha value is -2.76. The molecule has 6 heteroatoms. The topological polar surface area (TPSA) is 83.7 Å². The molecule has 0 saturated carbocycles. The Kier molecular flexibility index (Phi) is 4.27. The minimum Gasteiger partial charge on any atom is -0.493 e. The smallest absolute Gasteiger partial charge is 0.343 e. The molecule has 0 spiro atoms. The van der Waals surface area contributed by atoms with E-state index in [1.165, 1.54) is 19.4 Å². The van der Waals surface area contributed by atoms with Crippen molar-refractivity contribution >= 4 is 11.7 Å². The molecule has 2 aromatic rings. The highest BCUT2D eigenvalue weighted by Gasteiger charge is 2.17. The normalized spacial score (nSPS) is 10.0. The van der Waals surface area contributed by atoms with E-state index >= 15 is 0 Å². The minimum absolute atomic E-state index is 0.109. The fraction of sp³-hybridized carbons (Fsp3) is 0.200. The molecule has 0 radical (unpaired) electrons. The van der Waals surface area contributed by atoms with Gasteiger partial charge in [0.1, 0.15) is 5.56 Å². The number of esters is 1. The van der Waals surface area contributed by atoms with E-state index in [0.29, 0.717) is 17.2 Å². The Morgan fingerprint density at radius 2 is 1.95 bits per heavy atom. The van der Waals surface area contributed by atoms with Crippen LogP contribution in [0.5, 0.6) is 17.4 Å². The van der Waals surface area contributed by atoms with Crippen molar-refractivity contribution in [2.24, 2.45) is 0 Å². The van der Waals surface area contributed by atoms with Gasteiger partial charge in [-0.15, -0.1) is 0 Å². The van der Waals surface area contributed by atoms with Crippen molar-refractivity contribution in [1.29, 1.82) is 0 Å². The van der Waals surface area contributed by atoms with Crippen molar-refractivity contribution in [3.63, 3.8) is 0 Å². The number of hydrogen-bond acceptors (Lipinski definition) is 6. The van der Waals surface area contributed by atoms with Crippen LogP contribution in [-0.2, 0) is 4.74 Å². The van der Waals surface area contributed by atoms with E-state index in [4.69, 9.17) is 19.9 Å². The summed E-state index contributed by atoms with van der Waals surface area (Å²) in [5.74, 6) is 0.532. The summed E-state index contributed by atoms with van der Waals surface area (Å²) in [6.07, 6.45) is 1.41. The number of carbonyl (C=O) groups excluding carboxylic acids is 1. The molecular weight excluding hydrogens is 272 g/mol. The Balaban J connectivity index is 2.42. The molecule has 0 atom stereocenters. The summed E-state index contributed by atoms with van der Waals surface area (Å²) in [5, 5.41) is 0. The first-order valence-corrected chi connectivity index (χ1v) is 6.21. The summed E-state index contributed by atoms with van der Waals surface area (Å²) in [4.78, 5) is 15.8. The predicted octanol–water partition coefficient (Wildman–Crippen LogP) is 2.56. The van der Waals surface area contributed by atoms with Crippen molar-refractivity contribution < 1.29 is 19.0 Å². The second kappa shape index (κ2) is 6.13. The van der Waals surface area contributed by atoms with Gasteiger partial charge in [0.05, 0.1) is 26.1 Å². The molecule has 110 valence electrons. The van der Waals surface area contributed by atoms with E-state index in [9.17, 15) is 4.79 Å². The third-order valence-corrected chi connectivity index (χ3v) is 2.80. The number of benzene rings is 1. The number of nitrogen functional groups attached to an aromatic ring is 1. The summed E-state index contributed by atoms with van der Waals surface area (Å²) in [6.45, 7) is 1.94. The van der Waals surface area contributed by atoms with Gasteiger partial charge in [-0.1, -0.05) is 6.07 Å². The van der Waals surface area contributed by atoms with Crippen molar-refractivity contribution in [1.82, 2.24) is 4.98 Å². The van der Waals surface area contributed by atoms with Gasteiger partial charge in [-0.2, -0.15) is 0 Å². The lowest BCUT2D eigenvalue weighted by molar-refractivity contribution is 0.0597. The van der Waals surface area contributed by atoms with Gasteiger partial charge >= 0.3 is 5.97 Å². The van der Waals surface area contributed by atoms with E-state index in [1.807, 2.05) is 19.1 Å². The van der Waals surface area contributed by atoms with E-state index < -0.39 is 5.97 Å².